The van der Waals surface area contributed by atoms with Gasteiger partial charge in [-0.25, -0.2) is 4.68 Å². The van der Waals surface area contributed by atoms with Gasteiger partial charge in [-0.05, 0) is 65.0 Å². The van der Waals surface area contributed by atoms with Crippen LogP contribution >= 0.6 is 0 Å². The maximum Gasteiger partial charge on any atom is 0.255 e. The molecule has 1 aromatic heterocycles. The third-order valence-corrected chi connectivity index (χ3v) is 4.16. The van der Waals surface area contributed by atoms with Crippen molar-refractivity contribution in [3.63, 3.8) is 0 Å². The molecule has 4 aromatic rings. The first kappa shape index (κ1) is 18.1. The monoisotopic (exact) mass is 384 g/mol. The highest BCUT2D eigenvalue weighted by molar-refractivity contribution is 6.06. The largest absolute Gasteiger partial charge is 0.322 e. The Hall–Kier alpha value is -4.33. The van der Waals surface area contributed by atoms with Crippen LogP contribution in [0.25, 0.3) is 5.69 Å². The molecule has 0 aliphatic rings. The van der Waals surface area contributed by atoms with Crippen molar-refractivity contribution in [2.24, 2.45) is 0 Å². The summed E-state index contributed by atoms with van der Waals surface area (Å²) in [6.07, 6.45) is 1.48. The maximum atomic E-state index is 12.5. The van der Waals surface area contributed by atoms with Gasteiger partial charge in [0.2, 0.25) is 0 Å². The Morgan fingerprint density at radius 1 is 0.724 bits per heavy atom. The van der Waals surface area contributed by atoms with Gasteiger partial charge in [0.25, 0.3) is 11.8 Å². The van der Waals surface area contributed by atoms with Crippen molar-refractivity contribution in [1.29, 1.82) is 0 Å². The fourth-order valence-electron chi connectivity index (χ4n) is 2.72. The average Bonchev–Trinajstić information content (AvgIpc) is 3.30. The second-order valence-corrected chi connectivity index (χ2v) is 6.16. The second kappa shape index (κ2) is 8.13. The minimum atomic E-state index is -0.264. The molecule has 29 heavy (non-hydrogen) atoms. The predicted octanol–water partition coefficient (Wildman–Crippen LogP) is 3.17. The summed E-state index contributed by atoms with van der Waals surface area (Å²) < 4.78 is 1.50. The van der Waals surface area contributed by atoms with E-state index in [2.05, 4.69) is 26.2 Å². The van der Waals surface area contributed by atoms with Crippen LogP contribution in [0.15, 0.2) is 85.2 Å². The molecule has 0 radical (unpaired) electrons. The van der Waals surface area contributed by atoms with Gasteiger partial charge in [-0.2, -0.15) is 0 Å². The molecule has 0 saturated heterocycles. The number of hydrogen-bond donors (Lipinski definition) is 2. The van der Waals surface area contributed by atoms with Gasteiger partial charge in [-0.1, -0.05) is 24.3 Å². The summed E-state index contributed by atoms with van der Waals surface area (Å²) in [5.74, 6) is -0.480. The van der Waals surface area contributed by atoms with Gasteiger partial charge in [0.15, 0.2) is 0 Å². The second-order valence-electron chi connectivity index (χ2n) is 6.16. The lowest BCUT2D eigenvalue weighted by Crippen LogP contribution is -2.14. The lowest BCUT2D eigenvalue weighted by molar-refractivity contribution is 0.101. The van der Waals surface area contributed by atoms with Gasteiger partial charge in [-0.3, -0.25) is 9.59 Å². The molecule has 3 aromatic carbocycles. The average molecular weight is 384 g/mol. The minimum absolute atomic E-state index is 0.215. The van der Waals surface area contributed by atoms with Crippen LogP contribution in [0.5, 0.6) is 0 Å². The molecule has 4 rings (SSSR count). The number of anilines is 2. The molecule has 0 unspecified atom stereocenters. The van der Waals surface area contributed by atoms with Crippen molar-refractivity contribution < 1.29 is 9.59 Å². The molecule has 1 heterocycles. The highest BCUT2D eigenvalue weighted by Gasteiger charge is 2.09. The van der Waals surface area contributed by atoms with Gasteiger partial charge in [0, 0.05) is 22.5 Å². The minimum Gasteiger partial charge on any atom is -0.322 e. The topological polar surface area (TPSA) is 102 Å². The highest BCUT2D eigenvalue weighted by Crippen LogP contribution is 2.17. The van der Waals surface area contributed by atoms with E-state index in [4.69, 9.17) is 0 Å². The molecular weight excluding hydrogens is 368 g/mol. The zero-order valence-corrected chi connectivity index (χ0v) is 15.2. The summed E-state index contributed by atoms with van der Waals surface area (Å²) >= 11 is 0. The molecule has 0 aliphatic heterocycles. The summed E-state index contributed by atoms with van der Waals surface area (Å²) in [6, 6.07) is 22.8. The lowest BCUT2D eigenvalue weighted by atomic mass is 10.2. The fraction of sp³-hybridized carbons (Fsp3) is 0. The Balaban J connectivity index is 1.43. The van der Waals surface area contributed by atoms with Gasteiger partial charge in [0.05, 0.1) is 5.69 Å². The molecule has 0 bridgehead atoms. The van der Waals surface area contributed by atoms with Crippen molar-refractivity contribution in [2.45, 2.75) is 0 Å². The number of carbonyl (C=O) groups excluding carboxylic acids is 2. The van der Waals surface area contributed by atoms with E-state index in [1.807, 2.05) is 6.07 Å². The highest BCUT2D eigenvalue weighted by atomic mass is 16.2. The molecule has 8 nitrogen and oxygen atoms in total. The molecular formula is C21H16N6O2. The first-order chi connectivity index (χ1) is 14.2. The van der Waals surface area contributed by atoms with E-state index in [0.29, 0.717) is 22.5 Å². The zero-order valence-electron chi connectivity index (χ0n) is 15.2. The summed E-state index contributed by atoms with van der Waals surface area (Å²) in [7, 11) is 0. The maximum absolute atomic E-state index is 12.5. The number of hydrogen-bond acceptors (Lipinski definition) is 5. The fourth-order valence-corrected chi connectivity index (χ4v) is 2.72. The van der Waals surface area contributed by atoms with Crippen LogP contribution in [-0.2, 0) is 0 Å². The number of nitrogens with zero attached hydrogens (tertiary/aromatic N) is 4. The van der Waals surface area contributed by atoms with Gasteiger partial charge in [-0.15, -0.1) is 5.10 Å². The van der Waals surface area contributed by atoms with Gasteiger partial charge < -0.3 is 10.6 Å². The number of nitrogens with one attached hydrogen (secondary N) is 2. The molecule has 0 aliphatic carbocycles. The quantitative estimate of drug-likeness (QED) is 0.550. The van der Waals surface area contributed by atoms with Crippen molar-refractivity contribution in [3.8, 4) is 5.69 Å². The van der Waals surface area contributed by atoms with E-state index >= 15 is 0 Å². The van der Waals surface area contributed by atoms with E-state index in [-0.39, 0.29) is 11.8 Å². The van der Waals surface area contributed by atoms with Crippen molar-refractivity contribution in [2.75, 3.05) is 10.6 Å². The standard InChI is InChI=1S/C21H16N6O2/c28-20(15-5-2-1-3-6-15)23-17-7-4-8-18(13-17)24-21(29)16-9-11-19(12-10-16)27-14-22-25-26-27/h1-14H,(H,23,28)(H,24,29). The van der Waals surface area contributed by atoms with Crippen molar-refractivity contribution >= 4 is 23.2 Å². The normalized spacial score (nSPS) is 10.3. The third-order valence-electron chi connectivity index (χ3n) is 4.16. The van der Waals surface area contributed by atoms with E-state index < -0.39 is 0 Å². The Bertz CT molecular complexity index is 1130. The Morgan fingerprint density at radius 3 is 1.93 bits per heavy atom. The molecule has 2 amide bonds. The van der Waals surface area contributed by atoms with E-state index in [1.165, 1.54) is 11.0 Å². The van der Waals surface area contributed by atoms with Crippen LogP contribution in [0, 0.1) is 0 Å². The lowest BCUT2D eigenvalue weighted by Gasteiger charge is -2.09. The number of rotatable bonds is 5. The van der Waals surface area contributed by atoms with Crippen LogP contribution in [0.4, 0.5) is 11.4 Å². The number of aromatic nitrogens is 4. The predicted molar refractivity (Wildman–Crippen MR) is 108 cm³/mol. The Morgan fingerprint density at radius 2 is 1.34 bits per heavy atom. The molecule has 0 spiro atoms. The SMILES string of the molecule is O=C(Nc1cccc(NC(=O)c2ccc(-n3cnnn3)cc2)c1)c1ccccc1. The van der Waals surface area contributed by atoms with Gasteiger partial charge >= 0.3 is 0 Å². The van der Waals surface area contributed by atoms with Crippen molar-refractivity contribution in [1.82, 2.24) is 20.2 Å². The van der Waals surface area contributed by atoms with Crippen LogP contribution < -0.4 is 10.6 Å². The molecule has 142 valence electrons. The van der Waals surface area contributed by atoms with Gasteiger partial charge in [0.1, 0.15) is 6.33 Å². The number of carbonyl (C=O) groups is 2. The summed E-state index contributed by atoms with van der Waals surface area (Å²) in [4.78, 5) is 24.8. The first-order valence-electron chi connectivity index (χ1n) is 8.80. The molecule has 0 fully saturated rings. The Kier molecular flexibility index (Phi) is 5.06. The van der Waals surface area contributed by atoms with Crippen LogP contribution in [0.2, 0.25) is 0 Å². The molecule has 2 N–H and O–H groups in total. The first-order valence-corrected chi connectivity index (χ1v) is 8.80. The van der Waals surface area contributed by atoms with Crippen LogP contribution in [-0.4, -0.2) is 32.0 Å². The van der Waals surface area contributed by atoms with E-state index in [9.17, 15) is 9.59 Å². The third kappa shape index (κ3) is 4.33. The molecule has 0 saturated carbocycles. The summed E-state index contributed by atoms with van der Waals surface area (Å²) in [6.45, 7) is 0. The van der Waals surface area contributed by atoms with E-state index in [0.717, 1.165) is 5.69 Å². The smallest absolute Gasteiger partial charge is 0.255 e. The number of tetrazole rings is 1. The summed E-state index contributed by atoms with van der Waals surface area (Å²) in [5.41, 5.74) is 2.96. The van der Waals surface area contributed by atoms with Crippen molar-refractivity contribution in [3.05, 3.63) is 96.3 Å². The number of amides is 2. The molecule has 8 heteroatoms. The molecule has 0 atom stereocenters. The summed E-state index contributed by atoms with van der Waals surface area (Å²) in [5, 5.41) is 16.6. The van der Waals surface area contributed by atoms with Crippen LogP contribution in [0.1, 0.15) is 20.7 Å². The Labute approximate surface area is 166 Å². The van der Waals surface area contributed by atoms with Crippen LogP contribution in [0.3, 0.4) is 0 Å². The number of benzene rings is 3. The zero-order chi connectivity index (χ0) is 20.1. The van der Waals surface area contributed by atoms with E-state index in [1.54, 1.807) is 72.8 Å².